The van der Waals surface area contributed by atoms with Crippen molar-refractivity contribution in [3.05, 3.63) is 113 Å². The molecule has 2 atom stereocenters. The Labute approximate surface area is 302 Å². The van der Waals surface area contributed by atoms with E-state index in [1.54, 1.807) is 21.5 Å². The number of amides is 1. The number of hydrogen-bond donors (Lipinski definition) is 2. The Morgan fingerprint density at radius 1 is 0.904 bits per heavy atom. The lowest BCUT2D eigenvalue weighted by atomic mass is 9.80. The van der Waals surface area contributed by atoms with Gasteiger partial charge in [0, 0.05) is 70.5 Å². The summed E-state index contributed by atoms with van der Waals surface area (Å²) in [5.74, 6) is 0.587. The second-order valence-corrected chi connectivity index (χ2v) is 14.2. The predicted molar refractivity (Wildman–Crippen MR) is 204 cm³/mol. The van der Waals surface area contributed by atoms with E-state index in [4.69, 9.17) is 5.73 Å². The van der Waals surface area contributed by atoms with Gasteiger partial charge in [0.25, 0.3) is 11.5 Å². The van der Waals surface area contributed by atoms with Crippen LogP contribution in [0.15, 0.2) is 90.2 Å². The van der Waals surface area contributed by atoms with Gasteiger partial charge in [-0.1, -0.05) is 57.0 Å². The van der Waals surface area contributed by atoms with Crippen molar-refractivity contribution < 1.29 is 9.59 Å². The lowest BCUT2D eigenvalue weighted by molar-refractivity contribution is -0.126. The molecule has 0 saturated heterocycles. The predicted octanol–water partition coefficient (Wildman–Crippen LogP) is 7.37. The fraction of sp³-hybridized carbons (Fsp3) is 0.317. The van der Waals surface area contributed by atoms with E-state index in [0.29, 0.717) is 28.7 Å². The standard InChI is InChI=1S/C41H44N8O3/c1-25(2)38(50)29-11-9-8-10-28(14-15-29)36-21-34(37-39(42)43-24-45-49(36)37)27-16-18-31(19-17-27)46-40(51)35-20-33(30-22-44-47(4)23-30)26(3)48(41(35)52)32-12-6-5-7-13-32/h5-7,12-13,16-25,28-29H,8-11,14-15H2,1-4H3,(H,46,51)(H2,42,43,45). The lowest BCUT2D eigenvalue weighted by Gasteiger charge is -2.25. The number of ketones is 1. The first-order valence-electron chi connectivity index (χ1n) is 18.0. The highest BCUT2D eigenvalue weighted by Gasteiger charge is 2.28. The first-order chi connectivity index (χ1) is 25.1. The number of carbonyl (C=O) groups excluding carboxylic acids is 2. The summed E-state index contributed by atoms with van der Waals surface area (Å²) in [6.07, 6.45) is 10.9. The number of hydrogen-bond acceptors (Lipinski definition) is 7. The molecule has 4 heterocycles. The normalized spacial score (nSPS) is 16.5. The van der Waals surface area contributed by atoms with Crippen molar-refractivity contribution in [1.29, 1.82) is 0 Å². The molecule has 11 nitrogen and oxygen atoms in total. The molecule has 2 aromatic carbocycles. The second kappa shape index (κ2) is 14.4. The van der Waals surface area contributed by atoms with Crippen LogP contribution in [0.5, 0.6) is 0 Å². The zero-order valence-corrected chi connectivity index (χ0v) is 30.0. The van der Waals surface area contributed by atoms with Gasteiger partial charge >= 0.3 is 0 Å². The molecule has 52 heavy (non-hydrogen) atoms. The van der Waals surface area contributed by atoms with Crippen LogP contribution in [0.25, 0.3) is 33.5 Å². The third kappa shape index (κ3) is 6.66. The van der Waals surface area contributed by atoms with E-state index in [2.05, 4.69) is 26.6 Å². The Morgan fingerprint density at radius 3 is 2.37 bits per heavy atom. The molecule has 1 saturated carbocycles. The van der Waals surface area contributed by atoms with E-state index >= 15 is 0 Å². The summed E-state index contributed by atoms with van der Waals surface area (Å²) in [7, 11) is 1.83. The summed E-state index contributed by atoms with van der Waals surface area (Å²) < 4.78 is 5.17. The van der Waals surface area contributed by atoms with Crippen LogP contribution in [0.4, 0.5) is 11.5 Å². The quantitative estimate of drug-likeness (QED) is 0.169. The van der Waals surface area contributed by atoms with Crippen molar-refractivity contribution >= 4 is 28.7 Å². The van der Waals surface area contributed by atoms with E-state index in [1.807, 2.05) is 93.1 Å². The van der Waals surface area contributed by atoms with Crippen molar-refractivity contribution in [2.75, 3.05) is 11.1 Å². The molecule has 7 rings (SSSR count). The molecule has 0 bridgehead atoms. The summed E-state index contributed by atoms with van der Waals surface area (Å²) in [6, 6.07) is 20.6. The maximum absolute atomic E-state index is 13.9. The first kappa shape index (κ1) is 34.6. The lowest BCUT2D eigenvalue weighted by Crippen LogP contribution is -2.30. The molecule has 266 valence electrons. The number of carbonyl (C=O) groups is 2. The van der Waals surface area contributed by atoms with E-state index in [9.17, 15) is 14.4 Å². The zero-order valence-electron chi connectivity index (χ0n) is 30.0. The van der Waals surface area contributed by atoms with Crippen molar-refractivity contribution in [3.8, 4) is 27.9 Å². The number of aryl methyl sites for hydroxylation is 1. The number of para-hydroxylation sites is 1. The smallest absolute Gasteiger partial charge is 0.268 e. The summed E-state index contributed by atoms with van der Waals surface area (Å²) in [6.45, 7) is 5.85. The molecule has 3 N–H and O–H groups in total. The van der Waals surface area contributed by atoms with Gasteiger partial charge in [-0.25, -0.2) is 9.50 Å². The molecular weight excluding hydrogens is 653 g/mol. The molecule has 1 aliphatic rings. The number of nitrogens with zero attached hydrogens (tertiary/aromatic N) is 6. The number of fused-ring (bicyclic) bond motifs is 1. The van der Waals surface area contributed by atoms with Crippen molar-refractivity contribution in [1.82, 2.24) is 28.9 Å². The van der Waals surface area contributed by atoms with Gasteiger partial charge in [0.05, 0.1) is 6.20 Å². The van der Waals surface area contributed by atoms with Crippen LogP contribution in [0.1, 0.15) is 80.0 Å². The minimum Gasteiger partial charge on any atom is -0.382 e. The maximum atomic E-state index is 13.9. The third-order valence-electron chi connectivity index (χ3n) is 10.4. The monoisotopic (exact) mass is 696 g/mol. The van der Waals surface area contributed by atoms with Gasteiger partial charge in [-0.05, 0) is 74.6 Å². The number of aromatic nitrogens is 6. The number of nitrogens with two attached hydrogens (primary N) is 1. The molecule has 11 heteroatoms. The molecular formula is C41H44N8O3. The third-order valence-corrected chi connectivity index (χ3v) is 10.4. The van der Waals surface area contributed by atoms with Crippen LogP contribution in [0.2, 0.25) is 0 Å². The SMILES string of the molecule is Cc1c(-c2cnn(C)c2)cc(C(=O)Nc2ccc(-c3cc(C4CCCCC(C(=O)C(C)C)CC4)n4ncnc(N)c34)cc2)c(=O)n1-c1ccccc1. The summed E-state index contributed by atoms with van der Waals surface area (Å²) >= 11 is 0. The van der Waals surface area contributed by atoms with Crippen molar-refractivity contribution in [2.45, 2.75) is 65.2 Å². The highest BCUT2D eigenvalue weighted by Crippen LogP contribution is 2.39. The molecule has 4 aromatic heterocycles. The molecule has 1 amide bonds. The molecule has 0 spiro atoms. The van der Waals surface area contributed by atoms with Crippen LogP contribution in [-0.2, 0) is 11.8 Å². The van der Waals surface area contributed by atoms with Crippen LogP contribution in [0.3, 0.4) is 0 Å². The number of pyridine rings is 1. The number of Topliss-reactive ketones (excluding diaryl/α,β-unsaturated/α-hetero) is 1. The Hall–Kier alpha value is -5.84. The number of benzene rings is 2. The largest absolute Gasteiger partial charge is 0.382 e. The number of anilines is 2. The Morgan fingerprint density at radius 2 is 1.65 bits per heavy atom. The average molecular weight is 697 g/mol. The average Bonchev–Trinajstić information content (AvgIpc) is 3.73. The van der Waals surface area contributed by atoms with Gasteiger partial charge in [-0.2, -0.15) is 10.2 Å². The minimum atomic E-state index is -0.514. The number of nitrogens with one attached hydrogen (secondary N) is 1. The van der Waals surface area contributed by atoms with Crippen LogP contribution in [-0.4, -0.2) is 40.6 Å². The molecule has 0 radical (unpaired) electrons. The summed E-state index contributed by atoms with van der Waals surface area (Å²) in [5, 5.41) is 11.9. The molecule has 2 unspecified atom stereocenters. The van der Waals surface area contributed by atoms with Crippen LogP contribution >= 0.6 is 0 Å². The topological polar surface area (TPSA) is 142 Å². The first-order valence-corrected chi connectivity index (χ1v) is 18.0. The summed E-state index contributed by atoms with van der Waals surface area (Å²) in [4.78, 5) is 45.0. The number of nitrogen functional groups attached to an aromatic ring is 1. The van der Waals surface area contributed by atoms with Gasteiger partial charge in [0.2, 0.25) is 0 Å². The number of rotatable bonds is 8. The highest BCUT2D eigenvalue weighted by molar-refractivity contribution is 6.05. The van der Waals surface area contributed by atoms with Gasteiger partial charge in [-0.3, -0.25) is 23.6 Å². The summed E-state index contributed by atoms with van der Waals surface area (Å²) in [5.41, 5.74) is 13.1. The zero-order chi connectivity index (χ0) is 36.5. The maximum Gasteiger partial charge on any atom is 0.268 e. The second-order valence-electron chi connectivity index (χ2n) is 14.2. The van der Waals surface area contributed by atoms with Gasteiger partial charge in [0.1, 0.15) is 23.2 Å². The van der Waals surface area contributed by atoms with Crippen LogP contribution in [0, 0.1) is 18.8 Å². The van der Waals surface area contributed by atoms with E-state index in [1.165, 1.54) is 6.33 Å². The van der Waals surface area contributed by atoms with E-state index < -0.39 is 11.5 Å². The fourth-order valence-electron chi connectivity index (χ4n) is 7.67. The Balaban J connectivity index is 1.19. The van der Waals surface area contributed by atoms with Crippen molar-refractivity contribution in [2.24, 2.45) is 18.9 Å². The van der Waals surface area contributed by atoms with Gasteiger partial charge in [0.15, 0.2) is 5.82 Å². The molecule has 1 aliphatic carbocycles. The highest BCUT2D eigenvalue weighted by atomic mass is 16.2. The van der Waals surface area contributed by atoms with Gasteiger partial charge < -0.3 is 11.1 Å². The Bertz CT molecular complexity index is 2320. The minimum absolute atomic E-state index is 0.0157. The molecule has 1 fully saturated rings. The van der Waals surface area contributed by atoms with Crippen LogP contribution < -0.4 is 16.6 Å². The van der Waals surface area contributed by atoms with E-state index in [0.717, 1.165) is 72.0 Å². The molecule has 6 aromatic rings. The van der Waals surface area contributed by atoms with Gasteiger partial charge in [-0.15, -0.1) is 0 Å². The fourth-order valence-corrected chi connectivity index (χ4v) is 7.67. The molecule has 0 aliphatic heterocycles. The Kier molecular flexibility index (Phi) is 9.59. The van der Waals surface area contributed by atoms with Crippen molar-refractivity contribution in [3.63, 3.8) is 0 Å². The van der Waals surface area contributed by atoms with E-state index in [-0.39, 0.29) is 23.3 Å².